The van der Waals surface area contributed by atoms with Crippen molar-refractivity contribution in [2.24, 2.45) is 0 Å². The molecule has 2 N–H and O–H groups in total. The molecule has 4 rings (SSSR count). The summed E-state index contributed by atoms with van der Waals surface area (Å²) in [5.74, 6) is 0.766. The number of amides is 1. The van der Waals surface area contributed by atoms with E-state index in [1.165, 1.54) is 0 Å². The number of fused-ring (bicyclic) bond motifs is 1. The van der Waals surface area contributed by atoms with E-state index in [1.807, 2.05) is 18.7 Å². The van der Waals surface area contributed by atoms with Crippen LogP contribution in [0.4, 0.5) is 28.8 Å². The maximum Gasteiger partial charge on any atom is 0.244 e. The number of carbonyl (C=O) groups excluding carboxylic acids is 1. The number of nitrogens with one attached hydrogen (secondary N) is 2. The Kier molecular flexibility index (Phi) is 4.75. The fraction of sp³-hybridized carbons (Fsp3) is 0.136. The number of nitrogens with zero attached hydrogens (tertiary/aromatic N) is 5. The third-order valence-electron chi connectivity index (χ3n) is 4.76. The topological polar surface area (TPSA) is 118 Å². The lowest BCUT2D eigenvalue weighted by molar-refractivity contribution is -0.115. The van der Waals surface area contributed by atoms with Crippen molar-refractivity contribution in [3.8, 4) is 12.1 Å². The van der Waals surface area contributed by atoms with Gasteiger partial charge in [0.2, 0.25) is 11.9 Å². The lowest BCUT2D eigenvalue weighted by Gasteiger charge is -2.32. The Morgan fingerprint density at radius 3 is 2.37 bits per heavy atom. The second-order valence-corrected chi connectivity index (χ2v) is 6.95. The summed E-state index contributed by atoms with van der Waals surface area (Å²) in [6, 6.07) is 14.8. The molecule has 30 heavy (non-hydrogen) atoms. The highest BCUT2D eigenvalue weighted by molar-refractivity contribution is 6.02. The third kappa shape index (κ3) is 3.50. The standard InChI is InChI=1S/C22H17N7O/c1-13-7-16(10-24)8-14(2)20(13)29-12-19(30)27-18-11-25-22(28-21(18)29)26-17-5-3-15(9-23)4-6-17/h3-8,11H,12H2,1-2H3,(H,27,30)(H,25,26,28). The molecule has 0 bridgehead atoms. The van der Waals surface area contributed by atoms with Gasteiger partial charge in [-0.05, 0) is 61.4 Å². The molecule has 0 spiro atoms. The second kappa shape index (κ2) is 7.53. The van der Waals surface area contributed by atoms with Gasteiger partial charge in [-0.1, -0.05) is 0 Å². The third-order valence-corrected chi connectivity index (χ3v) is 4.76. The molecule has 1 aromatic heterocycles. The first-order valence-corrected chi connectivity index (χ1v) is 9.21. The van der Waals surface area contributed by atoms with Crippen LogP contribution in [0.2, 0.25) is 0 Å². The molecule has 146 valence electrons. The van der Waals surface area contributed by atoms with Gasteiger partial charge >= 0.3 is 0 Å². The summed E-state index contributed by atoms with van der Waals surface area (Å²) >= 11 is 0. The minimum Gasteiger partial charge on any atom is -0.324 e. The monoisotopic (exact) mass is 395 g/mol. The zero-order chi connectivity index (χ0) is 21.3. The smallest absolute Gasteiger partial charge is 0.244 e. The number of nitriles is 2. The van der Waals surface area contributed by atoms with Gasteiger partial charge in [0, 0.05) is 11.4 Å². The molecule has 0 fully saturated rings. The number of aromatic nitrogens is 2. The van der Waals surface area contributed by atoms with Gasteiger partial charge in [-0.25, -0.2) is 4.98 Å². The minimum absolute atomic E-state index is 0.105. The molecule has 0 radical (unpaired) electrons. The van der Waals surface area contributed by atoms with Crippen LogP contribution in [-0.2, 0) is 4.79 Å². The van der Waals surface area contributed by atoms with Gasteiger partial charge in [0.05, 0.1) is 29.5 Å². The van der Waals surface area contributed by atoms with Crippen LogP contribution in [-0.4, -0.2) is 22.4 Å². The van der Waals surface area contributed by atoms with Gasteiger partial charge in [0.1, 0.15) is 12.2 Å². The summed E-state index contributed by atoms with van der Waals surface area (Å²) in [4.78, 5) is 23.0. The predicted molar refractivity (Wildman–Crippen MR) is 113 cm³/mol. The van der Waals surface area contributed by atoms with Crippen LogP contribution < -0.4 is 15.5 Å². The number of rotatable bonds is 3. The maximum absolute atomic E-state index is 12.3. The maximum atomic E-state index is 12.3. The lowest BCUT2D eigenvalue weighted by atomic mass is 10.0. The van der Waals surface area contributed by atoms with E-state index < -0.39 is 0 Å². The number of anilines is 5. The molecular weight excluding hydrogens is 378 g/mol. The van der Waals surface area contributed by atoms with Crippen molar-refractivity contribution in [1.82, 2.24) is 9.97 Å². The molecule has 0 unspecified atom stereocenters. The largest absolute Gasteiger partial charge is 0.324 e. The Balaban J connectivity index is 1.74. The Morgan fingerprint density at radius 2 is 1.73 bits per heavy atom. The molecule has 0 aliphatic carbocycles. The fourth-order valence-electron chi connectivity index (χ4n) is 3.52. The normalized spacial score (nSPS) is 12.4. The highest BCUT2D eigenvalue weighted by Crippen LogP contribution is 2.37. The molecule has 0 saturated carbocycles. The first-order chi connectivity index (χ1) is 14.5. The molecule has 1 amide bonds. The van der Waals surface area contributed by atoms with Crippen molar-refractivity contribution in [2.45, 2.75) is 13.8 Å². The summed E-state index contributed by atoms with van der Waals surface area (Å²) in [6.45, 7) is 3.92. The Bertz CT molecular complexity index is 1210. The van der Waals surface area contributed by atoms with Crippen molar-refractivity contribution in [1.29, 1.82) is 10.5 Å². The fourth-order valence-corrected chi connectivity index (χ4v) is 3.52. The van der Waals surface area contributed by atoms with Crippen LogP contribution in [0, 0.1) is 36.5 Å². The van der Waals surface area contributed by atoms with Crippen molar-refractivity contribution < 1.29 is 4.79 Å². The minimum atomic E-state index is -0.165. The van der Waals surface area contributed by atoms with Crippen LogP contribution in [0.25, 0.3) is 0 Å². The van der Waals surface area contributed by atoms with E-state index in [0.29, 0.717) is 28.6 Å². The molecule has 3 aromatic rings. The highest BCUT2D eigenvalue weighted by Gasteiger charge is 2.28. The van der Waals surface area contributed by atoms with Gasteiger partial charge in [-0.3, -0.25) is 4.79 Å². The molecule has 2 heterocycles. The summed E-state index contributed by atoms with van der Waals surface area (Å²) < 4.78 is 0. The van der Waals surface area contributed by atoms with Gasteiger partial charge in [0.15, 0.2) is 5.82 Å². The summed E-state index contributed by atoms with van der Waals surface area (Å²) in [6.07, 6.45) is 1.56. The van der Waals surface area contributed by atoms with E-state index in [0.717, 1.165) is 22.5 Å². The van der Waals surface area contributed by atoms with Crippen LogP contribution >= 0.6 is 0 Å². The van der Waals surface area contributed by atoms with E-state index in [9.17, 15) is 10.1 Å². The van der Waals surface area contributed by atoms with E-state index in [4.69, 9.17) is 5.26 Å². The molecule has 0 atom stereocenters. The van der Waals surface area contributed by atoms with Crippen LogP contribution in [0.3, 0.4) is 0 Å². The number of hydrogen-bond acceptors (Lipinski definition) is 7. The zero-order valence-electron chi connectivity index (χ0n) is 16.4. The summed E-state index contributed by atoms with van der Waals surface area (Å²) in [7, 11) is 0. The molecule has 8 nitrogen and oxygen atoms in total. The number of carbonyl (C=O) groups is 1. The predicted octanol–water partition coefficient (Wildman–Crippen LogP) is 3.67. The van der Waals surface area contributed by atoms with E-state index in [1.54, 1.807) is 42.6 Å². The van der Waals surface area contributed by atoms with Gasteiger partial charge in [-0.2, -0.15) is 15.5 Å². The average molecular weight is 395 g/mol. The first kappa shape index (κ1) is 18.9. The summed E-state index contributed by atoms with van der Waals surface area (Å²) in [5, 5.41) is 24.1. The molecule has 1 aliphatic heterocycles. The van der Waals surface area contributed by atoms with Gasteiger partial charge < -0.3 is 15.5 Å². The van der Waals surface area contributed by atoms with Crippen molar-refractivity contribution in [3.63, 3.8) is 0 Å². The van der Waals surface area contributed by atoms with Crippen molar-refractivity contribution in [2.75, 3.05) is 22.1 Å². The number of benzene rings is 2. The molecule has 8 heteroatoms. The zero-order valence-corrected chi connectivity index (χ0v) is 16.4. The van der Waals surface area contributed by atoms with Crippen LogP contribution in [0.5, 0.6) is 0 Å². The molecular formula is C22H17N7O. The van der Waals surface area contributed by atoms with Crippen LogP contribution in [0.15, 0.2) is 42.6 Å². The highest BCUT2D eigenvalue weighted by atomic mass is 16.2. The molecule has 0 saturated heterocycles. The number of hydrogen-bond donors (Lipinski definition) is 2. The second-order valence-electron chi connectivity index (χ2n) is 6.95. The SMILES string of the molecule is Cc1cc(C#N)cc(C)c1N1CC(=O)Nc2cnc(Nc3ccc(C#N)cc3)nc21. The Labute approximate surface area is 173 Å². The van der Waals surface area contributed by atoms with Crippen molar-refractivity contribution >= 4 is 34.7 Å². The van der Waals surface area contributed by atoms with E-state index in [-0.39, 0.29) is 12.5 Å². The quantitative estimate of drug-likeness (QED) is 0.694. The van der Waals surface area contributed by atoms with Gasteiger partial charge in [-0.15, -0.1) is 0 Å². The Morgan fingerprint density at radius 1 is 1.07 bits per heavy atom. The molecule has 2 aromatic carbocycles. The van der Waals surface area contributed by atoms with Crippen LogP contribution in [0.1, 0.15) is 22.3 Å². The molecule has 1 aliphatic rings. The lowest BCUT2D eigenvalue weighted by Crippen LogP contribution is -2.36. The van der Waals surface area contributed by atoms with Crippen molar-refractivity contribution in [3.05, 3.63) is 64.8 Å². The number of aryl methyl sites for hydroxylation is 2. The first-order valence-electron chi connectivity index (χ1n) is 9.21. The van der Waals surface area contributed by atoms with E-state index >= 15 is 0 Å². The average Bonchev–Trinajstić information content (AvgIpc) is 2.74. The summed E-state index contributed by atoms with van der Waals surface area (Å²) in [5.41, 5.74) is 4.99. The van der Waals surface area contributed by atoms with Gasteiger partial charge in [0.25, 0.3) is 0 Å². The van der Waals surface area contributed by atoms with E-state index in [2.05, 4.69) is 32.7 Å². The Hall–Kier alpha value is -4.43.